The first-order valence-corrected chi connectivity index (χ1v) is 7.77. The van der Waals surface area contributed by atoms with Gasteiger partial charge < -0.3 is 10.1 Å². The highest BCUT2D eigenvalue weighted by molar-refractivity contribution is 6.31. The summed E-state index contributed by atoms with van der Waals surface area (Å²) < 4.78 is 5.40. The zero-order chi connectivity index (χ0) is 14.7. The first-order valence-electron chi connectivity index (χ1n) is 7.39. The zero-order valence-corrected chi connectivity index (χ0v) is 13.0. The van der Waals surface area contributed by atoms with Crippen LogP contribution in [0.2, 0.25) is 5.02 Å². The summed E-state index contributed by atoms with van der Waals surface area (Å²) in [4.78, 5) is 0. The van der Waals surface area contributed by atoms with Gasteiger partial charge in [0.15, 0.2) is 0 Å². The number of hydrogen-bond acceptors (Lipinski definition) is 2. The van der Waals surface area contributed by atoms with Gasteiger partial charge in [-0.25, -0.2) is 0 Å². The second-order valence-electron chi connectivity index (χ2n) is 5.51. The molecule has 0 saturated carbocycles. The number of aryl methyl sites for hydroxylation is 1. The lowest BCUT2D eigenvalue weighted by atomic mass is 9.88. The number of fused-ring (bicyclic) bond motifs is 1. The highest BCUT2D eigenvalue weighted by Gasteiger charge is 2.18. The van der Waals surface area contributed by atoms with Crippen LogP contribution < -0.4 is 10.1 Å². The van der Waals surface area contributed by atoms with E-state index in [0.717, 1.165) is 35.7 Å². The summed E-state index contributed by atoms with van der Waals surface area (Å²) in [7, 11) is 1.69. The fourth-order valence-electron chi connectivity index (χ4n) is 3.02. The van der Waals surface area contributed by atoms with E-state index < -0.39 is 0 Å². The van der Waals surface area contributed by atoms with Crippen LogP contribution in [0.3, 0.4) is 0 Å². The molecule has 1 aliphatic rings. The Bertz CT molecular complexity index is 626. The van der Waals surface area contributed by atoms with Crippen LogP contribution in [-0.2, 0) is 19.4 Å². The van der Waals surface area contributed by atoms with Gasteiger partial charge in [0.2, 0.25) is 0 Å². The molecule has 1 N–H and O–H groups in total. The first-order chi connectivity index (χ1) is 10.3. The van der Waals surface area contributed by atoms with Crippen molar-refractivity contribution in [1.82, 2.24) is 5.32 Å². The van der Waals surface area contributed by atoms with Crippen molar-refractivity contribution < 1.29 is 4.74 Å². The molecule has 110 valence electrons. The molecule has 3 heteroatoms. The fraction of sp³-hybridized carbons (Fsp3) is 0.333. The summed E-state index contributed by atoms with van der Waals surface area (Å²) in [6, 6.07) is 15.0. The average Bonchev–Trinajstić information content (AvgIpc) is 2.53. The standard InChI is InChI=1S/C18H20ClNO/c1-21-18-8-4-7-17(19)16(18)12-20-15-10-9-13-5-2-3-6-14(13)11-15/h2-8,15,20H,9-12H2,1H3. The van der Waals surface area contributed by atoms with Crippen molar-refractivity contribution in [3.63, 3.8) is 0 Å². The molecule has 0 radical (unpaired) electrons. The maximum atomic E-state index is 6.29. The summed E-state index contributed by atoms with van der Waals surface area (Å²) in [5.74, 6) is 0.853. The van der Waals surface area contributed by atoms with Crippen molar-refractivity contribution in [3.8, 4) is 5.75 Å². The van der Waals surface area contributed by atoms with Gasteiger partial charge in [0, 0.05) is 23.2 Å². The van der Waals surface area contributed by atoms with Gasteiger partial charge in [-0.3, -0.25) is 0 Å². The quantitative estimate of drug-likeness (QED) is 0.922. The molecule has 0 aromatic heterocycles. The summed E-state index contributed by atoms with van der Waals surface area (Å²) >= 11 is 6.29. The molecule has 1 aliphatic carbocycles. The predicted molar refractivity (Wildman–Crippen MR) is 87.1 cm³/mol. The summed E-state index contributed by atoms with van der Waals surface area (Å²) in [6.07, 6.45) is 3.40. The Hall–Kier alpha value is -1.51. The van der Waals surface area contributed by atoms with Crippen molar-refractivity contribution in [2.45, 2.75) is 31.8 Å². The van der Waals surface area contributed by atoms with Gasteiger partial charge in [-0.05, 0) is 42.5 Å². The molecule has 1 unspecified atom stereocenters. The molecule has 0 spiro atoms. The molecule has 0 amide bonds. The van der Waals surface area contributed by atoms with E-state index in [0.29, 0.717) is 6.04 Å². The molecule has 0 saturated heterocycles. The van der Waals surface area contributed by atoms with Gasteiger partial charge in [0.05, 0.1) is 7.11 Å². The van der Waals surface area contributed by atoms with Crippen LogP contribution in [0.25, 0.3) is 0 Å². The SMILES string of the molecule is COc1cccc(Cl)c1CNC1CCc2ccccc2C1. The Balaban J connectivity index is 1.67. The van der Waals surface area contributed by atoms with Gasteiger partial charge in [-0.15, -0.1) is 0 Å². The lowest BCUT2D eigenvalue weighted by Crippen LogP contribution is -2.34. The van der Waals surface area contributed by atoms with Gasteiger partial charge in [-0.2, -0.15) is 0 Å². The molecule has 0 fully saturated rings. The summed E-state index contributed by atoms with van der Waals surface area (Å²) in [6.45, 7) is 0.746. The molecular formula is C18H20ClNO. The Kier molecular flexibility index (Phi) is 4.47. The fourth-order valence-corrected chi connectivity index (χ4v) is 3.25. The van der Waals surface area contributed by atoms with E-state index in [1.54, 1.807) is 7.11 Å². The van der Waals surface area contributed by atoms with Crippen molar-refractivity contribution >= 4 is 11.6 Å². The number of halogens is 1. The zero-order valence-electron chi connectivity index (χ0n) is 12.2. The Morgan fingerprint density at radius 2 is 1.95 bits per heavy atom. The molecular weight excluding hydrogens is 282 g/mol. The highest BCUT2D eigenvalue weighted by Crippen LogP contribution is 2.27. The smallest absolute Gasteiger partial charge is 0.124 e. The van der Waals surface area contributed by atoms with Crippen LogP contribution in [0.15, 0.2) is 42.5 Å². The highest BCUT2D eigenvalue weighted by atomic mass is 35.5. The van der Waals surface area contributed by atoms with Crippen LogP contribution in [0.4, 0.5) is 0 Å². The molecule has 2 nitrogen and oxygen atoms in total. The number of ether oxygens (including phenoxy) is 1. The van der Waals surface area contributed by atoms with E-state index in [-0.39, 0.29) is 0 Å². The second-order valence-corrected chi connectivity index (χ2v) is 5.92. The average molecular weight is 302 g/mol. The number of rotatable bonds is 4. The minimum Gasteiger partial charge on any atom is -0.496 e. The van der Waals surface area contributed by atoms with Crippen molar-refractivity contribution in [3.05, 3.63) is 64.2 Å². The molecule has 0 aliphatic heterocycles. The molecule has 1 atom stereocenters. The molecule has 21 heavy (non-hydrogen) atoms. The molecule has 0 bridgehead atoms. The van der Waals surface area contributed by atoms with Gasteiger partial charge in [-0.1, -0.05) is 41.9 Å². The Labute approximate surface area is 131 Å². The van der Waals surface area contributed by atoms with Crippen molar-refractivity contribution in [1.29, 1.82) is 0 Å². The molecule has 0 heterocycles. The maximum absolute atomic E-state index is 6.29. The van der Waals surface area contributed by atoms with Crippen LogP contribution in [0.1, 0.15) is 23.1 Å². The Morgan fingerprint density at radius 1 is 1.14 bits per heavy atom. The van der Waals surface area contributed by atoms with Crippen LogP contribution >= 0.6 is 11.6 Å². The maximum Gasteiger partial charge on any atom is 0.124 e. The third kappa shape index (κ3) is 3.22. The largest absolute Gasteiger partial charge is 0.496 e. The monoisotopic (exact) mass is 301 g/mol. The van der Waals surface area contributed by atoms with E-state index >= 15 is 0 Å². The van der Waals surface area contributed by atoms with E-state index in [9.17, 15) is 0 Å². The molecule has 2 aromatic rings. The van der Waals surface area contributed by atoms with E-state index in [1.807, 2.05) is 18.2 Å². The van der Waals surface area contributed by atoms with Crippen molar-refractivity contribution in [2.24, 2.45) is 0 Å². The number of nitrogens with one attached hydrogen (secondary N) is 1. The first kappa shape index (κ1) is 14.4. The van der Waals surface area contributed by atoms with E-state index in [2.05, 4.69) is 29.6 Å². The Morgan fingerprint density at radius 3 is 2.76 bits per heavy atom. The van der Waals surface area contributed by atoms with Crippen molar-refractivity contribution in [2.75, 3.05) is 7.11 Å². The van der Waals surface area contributed by atoms with Gasteiger partial charge in [0.25, 0.3) is 0 Å². The summed E-state index contributed by atoms with van der Waals surface area (Å²) in [5, 5.41) is 4.39. The van der Waals surface area contributed by atoms with E-state index in [4.69, 9.17) is 16.3 Å². The minimum atomic E-state index is 0.501. The number of benzene rings is 2. The normalized spacial score (nSPS) is 17.3. The molecule has 2 aromatic carbocycles. The van der Waals surface area contributed by atoms with Gasteiger partial charge in [0.1, 0.15) is 5.75 Å². The second kappa shape index (κ2) is 6.50. The lowest BCUT2D eigenvalue weighted by Gasteiger charge is -2.26. The molecule has 3 rings (SSSR count). The van der Waals surface area contributed by atoms with Gasteiger partial charge >= 0.3 is 0 Å². The van der Waals surface area contributed by atoms with Crippen LogP contribution in [0, 0.1) is 0 Å². The summed E-state index contributed by atoms with van der Waals surface area (Å²) in [5.41, 5.74) is 4.00. The topological polar surface area (TPSA) is 21.3 Å². The lowest BCUT2D eigenvalue weighted by molar-refractivity contribution is 0.401. The minimum absolute atomic E-state index is 0.501. The predicted octanol–water partition coefficient (Wildman–Crippen LogP) is 4.00. The third-order valence-electron chi connectivity index (χ3n) is 4.21. The van der Waals surface area contributed by atoms with Crippen LogP contribution in [-0.4, -0.2) is 13.2 Å². The van der Waals surface area contributed by atoms with Crippen LogP contribution in [0.5, 0.6) is 5.75 Å². The third-order valence-corrected chi connectivity index (χ3v) is 4.56. The number of hydrogen-bond donors (Lipinski definition) is 1. The van der Waals surface area contributed by atoms with E-state index in [1.165, 1.54) is 17.5 Å². The number of methoxy groups -OCH3 is 1.